The number of hydrogen-bond acceptors (Lipinski definition) is 1. The number of likely N-dealkylation sites (N-methyl/N-ethyl adjacent to an activating group) is 1. The van der Waals surface area contributed by atoms with Crippen molar-refractivity contribution in [1.82, 2.24) is 4.90 Å². The van der Waals surface area contributed by atoms with Crippen LogP contribution in [0, 0.1) is 5.41 Å². The van der Waals surface area contributed by atoms with Gasteiger partial charge in [0.25, 0.3) is 0 Å². The minimum absolute atomic E-state index is 0.315. The highest BCUT2D eigenvalue weighted by atomic mass is 15.1. The Bertz CT molecular complexity index is 269. The van der Waals surface area contributed by atoms with Crippen molar-refractivity contribution in [2.45, 2.75) is 20.8 Å². The summed E-state index contributed by atoms with van der Waals surface area (Å²) in [7, 11) is 2.14. The second-order valence-corrected chi connectivity index (χ2v) is 4.35. The van der Waals surface area contributed by atoms with E-state index in [2.05, 4.69) is 45.4 Å². The zero-order valence-electron chi connectivity index (χ0n) is 9.09. The molecule has 13 heavy (non-hydrogen) atoms. The fourth-order valence-electron chi connectivity index (χ4n) is 1.84. The predicted octanol–water partition coefficient (Wildman–Crippen LogP) is 2.97. The van der Waals surface area contributed by atoms with Gasteiger partial charge >= 0.3 is 0 Å². The number of hydrogen-bond donors (Lipinski definition) is 0. The molecule has 1 nitrogen and oxygen atoms in total. The average Bonchev–Trinajstić information content (AvgIpc) is 2.21. The monoisotopic (exact) mass is 177 g/mol. The van der Waals surface area contributed by atoms with Gasteiger partial charge in [0.1, 0.15) is 0 Å². The molecule has 72 valence electrons. The summed E-state index contributed by atoms with van der Waals surface area (Å²) < 4.78 is 0. The van der Waals surface area contributed by atoms with Gasteiger partial charge in [0.15, 0.2) is 0 Å². The molecule has 0 saturated carbocycles. The van der Waals surface area contributed by atoms with Crippen LogP contribution >= 0.6 is 0 Å². The molecule has 1 aliphatic rings. The molecule has 0 bridgehead atoms. The minimum Gasteiger partial charge on any atom is -0.374 e. The van der Waals surface area contributed by atoms with Crippen LogP contribution in [0.3, 0.4) is 0 Å². The molecule has 0 amide bonds. The summed E-state index contributed by atoms with van der Waals surface area (Å²) in [6.45, 7) is 11.6. The van der Waals surface area contributed by atoms with E-state index in [1.165, 1.54) is 11.3 Å². The zero-order valence-corrected chi connectivity index (χ0v) is 9.09. The van der Waals surface area contributed by atoms with Crippen LogP contribution in [0.5, 0.6) is 0 Å². The van der Waals surface area contributed by atoms with Crippen LogP contribution in [0.2, 0.25) is 0 Å². The van der Waals surface area contributed by atoms with E-state index in [1.54, 1.807) is 0 Å². The topological polar surface area (TPSA) is 3.24 Å². The highest BCUT2D eigenvalue weighted by molar-refractivity contribution is 5.33. The molecule has 0 aromatic carbocycles. The first kappa shape index (κ1) is 10.1. The van der Waals surface area contributed by atoms with Crippen LogP contribution in [-0.2, 0) is 0 Å². The molecule has 0 saturated heterocycles. The van der Waals surface area contributed by atoms with Gasteiger partial charge in [-0.05, 0) is 18.6 Å². The Balaban J connectivity index is 2.98. The van der Waals surface area contributed by atoms with Crippen LogP contribution in [0.4, 0.5) is 0 Å². The molecule has 0 spiro atoms. The SMILES string of the molecule is C=C/C=C\C1=C(C)C(C)(C)CN1C. The molecule has 0 radical (unpaired) electrons. The zero-order chi connectivity index (χ0) is 10.1. The van der Waals surface area contributed by atoms with Crippen molar-refractivity contribution in [2.75, 3.05) is 13.6 Å². The Kier molecular flexibility index (Phi) is 2.65. The predicted molar refractivity (Wildman–Crippen MR) is 58.4 cm³/mol. The second-order valence-electron chi connectivity index (χ2n) is 4.35. The number of allylic oxidation sites excluding steroid dienone is 3. The Morgan fingerprint density at radius 3 is 2.46 bits per heavy atom. The molecule has 0 aliphatic carbocycles. The van der Waals surface area contributed by atoms with Gasteiger partial charge in [-0.1, -0.05) is 32.6 Å². The molecule has 0 atom stereocenters. The van der Waals surface area contributed by atoms with E-state index in [0.29, 0.717) is 5.41 Å². The standard InChI is InChI=1S/C12H19N/c1-6-7-8-11-10(2)12(3,4)9-13(11)5/h6-8H,1,9H2,2-5H3/b8-7-. The van der Waals surface area contributed by atoms with Crippen molar-refractivity contribution in [3.8, 4) is 0 Å². The molecular weight excluding hydrogens is 158 g/mol. The quantitative estimate of drug-likeness (QED) is 0.586. The van der Waals surface area contributed by atoms with Crippen molar-refractivity contribution in [3.05, 3.63) is 36.1 Å². The van der Waals surface area contributed by atoms with E-state index in [-0.39, 0.29) is 0 Å². The summed E-state index contributed by atoms with van der Waals surface area (Å²) in [5.74, 6) is 0. The Hall–Kier alpha value is -0.980. The molecule has 1 heteroatoms. The molecule has 1 aliphatic heterocycles. The van der Waals surface area contributed by atoms with E-state index >= 15 is 0 Å². The van der Waals surface area contributed by atoms with Crippen molar-refractivity contribution in [3.63, 3.8) is 0 Å². The van der Waals surface area contributed by atoms with E-state index < -0.39 is 0 Å². The number of rotatable bonds is 2. The summed E-state index contributed by atoms with van der Waals surface area (Å²) >= 11 is 0. The van der Waals surface area contributed by atoms with Gasteiger partial charge in [-0.2, -0.15) is 0 Å². The first-order chi connectivity index (χ1) is 5.99. The van der Waals surface area contributed by atoms with Crippen LogP contribution in [-0.4, -0.2) is 18.5 Å². The molecule has 0 aromatic heterocycles. The van der Waals surface area contributed by atoms with Gasteiger partial charge in [-0.3, -0.25) is 0 Å². The van der Waals surface area contributed by atoms with Gasteiger partial charge in [-0.25, -0.2) is 0 Å². The molecule has 1 heterocycles. The lowest BCUT2D eigenvalue weighted by Gasteiger charge is -2.20. The largest absolute Gasteiger partial charge is 0.374 e. The lowest BCUT2D eigenvalue weighted by atomic mass is 9.87. The van der Waals surface area contributed by atoms with Gasteiger partial charge in [-0.15, -0.1) is 0 Å². The molecule has 0 aromatic rings. The summed E-state index contributed by atoms with van der Waals surface area (Å²) in [6.07, 6.45) is 5.95. The highest BCUT2D eigenvalue weighted by Crippen LogP contribution is 2.37. The van der Waals surface area contributed by atoms with Crippen molar-refractivity contribution in [1.29, 1.82) is 0 Å². The summed E-state index contributed by atoms with van der Waals surface area (Å²) in [5, 5.41) is 0. The maximum absolute atomic E-state index is 3.68. The number of nitrogens with zero attached hydrogens (tertiary/aromatic N) is 1. The Morgan fingerprint density at radius 2 is 2.08 bits per heavy atom. The van der Waals surface area contributed by atoms with Gasteiger partial charge in [0.05, 0.1) is 0 Å². The molecular formula is C12H19N. The van der Waals surface area contributed by atoms with E-state index in [4.69, 9.17) is 0 Å². The molecule has 0 N–H and O–H groups in total. The van der Waals surface area contributed by atoms with Gasteiger partial charge < -0.3 is 4.90 Å². The van der Waals surface area contributed by atoms with E-state index in [9.17, 15) is 0 Å². The second kappa shape index (κ2) is 3.41. The summed E-state index contributed by atoms with van der Waals surface area (Å²) in [4.78, 5) is 2.30. The Morgan fingerprint density at radius 1 is 1.46 bits per heavy atom. The van der Waals surface area contributed by atoms with Crippen LogP contribution in [0.25, 0.3) is 0 Å². The van der Waals surface area contributed by atoms with Gasteiger partial charge in [0, 0.05) is 24.7 Å². The maximum atomic E-state index is 3.68. The molecule has 0 unspecified atom stereocenters. The van der Waals surface area contributed by atoms with E-state index in [1.807, 2.05) is 12.2 Å². The Labute approximate surface area is 81.4 Å². The van der Waals surface area contributed by atoms with E-state index in [0.717, 1.165) is 6.54 Å². The first-order valence-electron chi connectivity index (χ1n) is 4.70. The lowest BCUT2D eigenvalue weighted by Crippen LogP contribution is -2.21. The van der Waals surface area contributed by atoms with Crippen LogP contribution in [0.15, 0.2) is 36.1 Å². The fourth-order valence-corrected chi connectivity index (χ4v) is 1.84. The van der Waals surface area contributed by atoms with Crippen LogP contribution in [0.1, 0.15) is 20.8 Å². The third-order valence-corrected chi connectivity index (χ3v) is 2.83. The summed E-state index contributed by atoms with van der Waals surface area (Å²) in [6, 6.07) is 0. The maximum Gasteiger partial charge on any atom is 0.0359 e. The lowest BCUT2D eigenvalue weighted by molar-refractivity contribution is 0.346. The fraction of sp³-hybridized carbons (Fsp3) is 0.500. The van der Waals surface area contributed by atoms with Crippen LogP contribution < -0.4 is 0 Å². The molecule has 0 fully saturated rings. The average molecular weight is 177 g/mol. The van der Waals surface area contributed by atoms with Crippen molar-refractivity contribution < 1.29 is 0 Å². The summed E-state index contributed by atoms with van der Waals surface area (Å²) in [5.41, 5.74) is 3.12. The van der Waals surface area contributed by atoms with Crippen molar-refractivity contribution in [2.24, 2.45) is 5.41 Å². The van der Waals surface area contributed by atoms with Gasteiger partial charge in [0.2, 0.25) is 0 Å². The highest BCUT2D eigenvalue weighted by Gasteiger charge is 2.31. The normalized spacial score (nSPS) is 21.7. The molecule has 1 rings (SSSR count). The van der Waals surface area contributed by atoms with Crippen molar-refractivity contribution >= 4 is 0 Å². The first-order valence-corrected chi connectivity index (χ1v) is 4.70. The minimum atomic E-state index is 0.315. The third kappa shape index (κ3) is 1.85. The smallest absolute Gasteiger partial charge is 0.0359 e. The third-order valence-electron chi connectivity index (χ3n) is 2.83.